The molecule has 1 rings (SSSR count). The molecule has 0 aliphatic rings. The van der Waals surface area contributed by atoms with Crippen LogP contribution in [0.5, 0.6) is 0 Å². The van der Waals surface area contributed by atoms with Crippen molar-refractivity contribution in [2.45, 2.75) is 26.8 Å². The molecule has 0 fully saturated rings. The summed E-state index contributed by atoms with van der Waals surface area (Å²) >= 11 is 3.58. The van der Waals surface area contributed by atoms with E-state index in [-0.39, 0.29) is 5.97 Å². The number of hydrogen-bond donors (Lipinski definition) is 0. The molecule has 0 saturated heterocycles. The highest BCUT2D eigenvalue weighted by atomic mass is 79.9. The number of carbonyl (C=O) groups is 1. The zero-order chi connectivity index (χ0) is 13.7. The maximum atomic E-state index is 11.3. The van der Waals surface area contributed by atoms with Gasteiger partial charge in [0.25, 0.3) is 0 Å². The number of likely N-dealkylation sites (N-methyl/N-ethyl adjacent to an activating group) is 1. The molecular weight excluding hydrogens is 298 g/mol. The first-order valence-corrected chi connectivity index (χ1v) is 6.82. The number of halogens is 1. The first-order chi connectivity index (χ1) is 8.53. The second-order valence-corrected chi connectivity index (χ2v) is 4.86. The van der Waals surface area contributed by atoms with Gasteiger partial charge in [0.15, 0.2) is 0 Å². The van der Waals surface area contributed by atoms with Gasteiger partial charge in [-0.15, -0.1) is 0 Å². The van der Waals surface area contributed by atoms with Crippen molar-refractivity contribution in [1.29, 1.82) is 0 Å². The van der Waals surface area contributed by atoms with Crippen LogP contribution >= 0.6 is 15.9 Å². The Bertz CT molecular complexity index is 418. The Morgan fingerprint density at radius 1 is 1.50 bits per heavy atom. The third-order valence-electron chi connectivity index (χ3n) is 2.90. The molecular formula is C12H20BrN3O2. The van der Waals surface area contributed by atoms with E-state index in [2.05, 4.69) is 28.0 Å². The Morgan fingerprint density at radius 3 is 2.61 bits per heavy atom. The molecule has 0 N–H and O–H groups in total. The number of esters is 1. The van der Waals surface area contributed by atoms with Crippen LogP contribution in [-0.2, 0) is 29.5 Å². The molecule has 1 heterocycles. The first-order valence-electron chi connectivity index (χ1n) is 6.02. The van der Waals surface area contributed by atoms with Crippen molar-refractivity contribution in [3.63, 3.8) is 0 Å². The minimum absolute atomic E-state index is 0.217. The molecule has 6 heteroatoms. The van der Waals surface area contributed by atoms with E-state index in [1.54, 1.807) is 0 Å². The van der Waals surface area contributed by atoms with Crippen LogP contribution in [0.4, 0.5) is 0 Å². The van der Waals surface area contributed by atoms with Gasteiger partial charge >= 0.3 is 5.97 Å². The lowest BCUT2D eigenvalue weighted by molar-refractivity contribution is -0.142. The number of rotatable bonds is 6. The first kappa shape index (κ1) is 15.2. The average molecular weight is 318 g/mol. The van der Waals surface area contributed by atoms with Crippen LogP contribution in [0, 0.1) is 0 Å². The molecule has 0 radical (unpaired) electrons. The highest BCUT2D eigenvalue weighted by Crippen LogP contribution is 2.22. The fraction of sp³-hybridized carbons (Fsp3) is 0.667. The molecule has 18 heavy (non-hydrogen) atoms. The lowest BCUT2D eigenvalue weighted by atomic mass is 10.3. The fourth-order valence-corrected chi connectivity index (χ4v) is 2.47. The number of nitrogens with zero attached hydrogens (tertiary/aromatic N) is 3. The molecule has 0 bridgehead atoms. The Morgan fingerprint density at radius 2 is 2.17 bits per heavy atom. The second-order valence-electron chi connectivity index (χ2n) is 4.06. The summed E-state index contributed by atoms with van der Waals surface area (Å²) in [6.45, 7) is 5.85. The van der Waals surface area contributed by atoms with Gasteiger partial charge in [-0.1, -0.05) is 13.8 Å². The molecule has 1 aromatic heterocycles. The van der Waals surface area contributed by atoms with Crippen LogP contribution in [0.15, 0.2) is 4.47 Å². The summed E-state index contributed by atoms with van der Waals surface area (Å²) in [7, 11) is 3.33. The van der Waals surface area contributed by atoms with Crippen LogP contribution in [0.3, 0.4) is 0 Å². The Kier molecular flexibility index (Phi) is 5.81. The lowest BCUT2D eigenvalue weighted by Gasteiger charge is -2.19. The maximum absolute atomic E-state index is 11.3. The van der Waals surface area contributed by atoms with Crippen molar-refractivity contribution >= 4 is 21.9 Å². The number of ether oxygens (including phenoxy) is 1. The van der Waals surface area contributed by atoms with Gasteiger partial charge in [-0.25, -0.2) is 0 Å². The topological polar surface area (TPSA) is 47.4 Å². The van der Waals surface area contributed by atoms with Crippen molar-refractivity contribution in [3.05, 3.63) is 15.9 Å². The van der Waals surface area contributed by atoms with E-state index in [9.17, 15) is 4.79 Å². The molecule has 5 nitrogen and oxygen atoms in total. The Hall–Kier alpha value is -0.880. The zero-order valence-electron chi connectivity index (χ0n) is 11.4. The summed E-state index contributed by atoms with van der Waals surface area (Å²) in [5, 5.41) is 4.44. The number of hydrogen-bond acceptors (Lipinski definition) is 4. The van der Waals surface area contributed by atoms with Gasteiger partial charge in [-0.3, -0.25) is 14.4 Å². The normalized spacial score (nSPS) is 11.0. The highest BCUT2D eigenvalue weighted by molar-refractivity contribution is 9.10. The van der Waals surface area contributed by atoms with Gasteiger partial charge in [-0.2, -0.15) is 5.10 Å². The van der Waals surface area contributed by atoms with Crippen LogP contribution in [0.25, 0.3) is 0 Å². The van der Waals surface area contributed by atoms with E-state index in [0.29, 0.717) is 13.1 Å². The van der Waals surface area contributed by atoms with Crippen LogP contribution < -0.4 is 0 Å². The molecule has 0 spiro atoms. The van der Waals surface area contributed by atoms with Crippen molar-refractivity contribution in [3.8, 4) is 0 Å². The van der Waals surface area contributed by atoms with Crippen LogP contribution in [0.1, 0.15) is 25.2 Å². The number of carbonyl (C=O) groups excluding carboxylic acids is 1. The highest BCUT2D eigenvalue weighted by Gasteiger charge is 2.17. The molecule has 102 valence electrons. The summed E-state index contributed by atoms with van der Waals surface area (Å²) in [6, 6.07) is 0. The smallest absolute Gasteiger partial charge is 0.319 e. The monoisotopic (exact) mass is 317 g/mol. The number of aromatic nitrogens is 2. The van der Waals surface area contributed by atoms with Crippen LogP contribution in [0.2, 0.25) is 0 Å². The van der Waals surface area contributed by atoms with Gasteiger partial charge in [-0.05, 0) is 28.9 Å². The van der Waals surface area contributed by atoms with Gasteiger partial charge in [0, 0.05) is 13.6 Å². The molecule has 0 saturated carbocycles. The van der Waals surface area contributed by atoms with E-state index >= 15 is 0 Å². The van der Waals surface area contributed by atoms with Crippen molar-refractivity contribution in [2.75, 3.05) is 20.2 Å². The third-order valence-corrected chi connectivity index (χ3v) is 3.82. The van der Waals surface area contributed by atoms with Gasteiger partial charge in [0.05, 0.1) is 29.5 Å². The number of aryl methyl sites for hydroxylation is 2. The Balaban J connectivity index is 2.81. The number of methoxy groups -OCH3 is 1. The van der Waals surface area contributed by atoms with Crippen molar-refractivity contribution < 1.29 is 9.53 Å². The van der Waals surface area contributed by atoms with Crippen LogP contribution in [-0.4, -0.2) is 40.8 Å². The fourth-order valence-electron chi connectivity index (χ4n) is 1.73. The predicted molar refractivity (Wildman–Crippen MR) is 73.3 cm³/mol. The Labute approximate surface area is 116 Å². The summed E-state index contributed by atoms with van der Waals surface area (Å²) in [5.41, 5.74) is 2.12. The van der Waals surface area contributed by atoms with E-state index in [1.807, 2.05) is 23.6 Å². The summed E-state index contributed by atoms with van der Waals surface area (Å²) in [5.74, 6) is -0.217. The predicted octanol–water partition coefficient (Wildman–Crippen LogP) is 1.74. The van der Waals surface area contributed by atoms with Gasteiger partial charge in [0.2, 0.25) is 0 Å². The summed E-state index contributed by atoms with van der Waals surface area (Å²) < 4.78 is 7.59. The third kappa shape index (κ3) is 3.55. The van der Waals surface area contributed by atoms with Gasteiger partial charge < -0.3 is 4.74 Å². The van der Waals surface area contributed by atoms with E-state index in [1.165, 1.54) is 7.11 Å². The maximum Gasteiger partial charge on any atom is 0.319 e. The summed E-state index contributed by atoms with van der Waals surface area (Å²) in [6.07, 6.45) is 0.886. The SMILES string of the molecule is CCc1nn(C)c(CN(CC)CC(=O)OC)c1Br. The quantitative estimate of drug-likeness (QED) is 0.750. The largest absolute Gasteiger partial charge is 0.468 e. The molecule has 0 unspecified atom stereocenters. The minimum Gasteiger partial charge on any atom is -0.468 e. The molecule has 0 aliphatic carbocycles. The van der Waals surface area contributed by atoms with E-state index in [0.717, 1.165) is 28.8 Å². The van der Waals surface area contributed by atoms with E-state index < -0.39 is 0 Å². The molecule has 0 aliphatic heterocycles. The van der Waals surface area contributed by atoms with Crippen molar-refractivity contribution in [1.82, 2.24) is 14.7 Å². The standard InChI is InChI=1S/C12H20BrN3O2/c1-5-9-12(13)10(15(3)14-9)7-16(6-2)8-11(17)18-4/h5-8H2,1-4H3. The minimum atomic E-state index is -0.217. The lowest BCUT2D eigenvalue weighted by Crippen LogP contribution is -2.30. The molecule has 1 aromatic rings. The molecule has 0 amide bonds. The van der Waals surface area contributed by atoms with Gasteiger partial charge in [0.1, 0.15) is 0 Å². The van der Waals surface area contributed by atoms with E-state index in [4.69, 9.17) is 4.74 Å². The zero-order valence-corrected chi connectivity index (χ0v) is 13.0. The second kappa shape index (κ2) is 6.89. The summed E-state index contributed by atoms with van der Waals surface area (Å²) in [4.78, 5) is 13.3. The molecule has 0 atom stereocenters. The van der Waals surface area contributed by atoms with Crippen molar-refractivity contribution in [2.24, 2.45) is 7.05 Å². The average Bonchev–Trinajstić information content (AvgIpc) is 2.64. The molecule has 0 aromatic carbocycles.